The minimum atomic E-state index is -0.340. The molecule has 0 amide bonds. The number of rotatable bonds is 2. The number of piperazine rings is 1. The van der Waals surface area contributed by atoms with Crippen LogP contribution in [0.25, 0.3) is 5.65 Å². The van der Waals surface area contributed by atoms with Gasteiger partial charge in [-0.15, -0.1) is 5.10 Å². The third-order valence-electron chi connectivity index (χ3n) is 4.16. The van der Waals surface area contributed by atoms with Crippen LogP contribution in [0.5, 0.6) is 0 Å². The Bertz CT molecular complexity index is 889. The number of imidazole rings is 1. The SMILES string of the molecule is Cc1ncnc(N2CCN(c3ccc4ncc(Br)n4n3)CC2)c1F. The Hall–Kier alpha value is -2.29. The molecule has 1 aliphatic heterocycles. The zero-order chi connectivity index (χ0) is 16.7. The molecule has 7 nitrogen and oxygen atoms in total. The molecule has 9 heteroatoms. The van der Waals surface area contributed by atoms with Crippen molar-refractivity contribution in [1.82, 2.24) is 24.6 Å². The molecule has 4 heterocycles. The number of aromatic nitrogens is 5. The summed E-state index contributed by atoms with van der Waals surface area (Å²) in [5, 5.41) is 4.60. The van der Waals surface area contributed by atoms with E-state index in [-0.39, 0.29) is 5.82 Å². The number of hydrogen-bond donors (Lipinski definition) is 0. The highest BCUT2D eigenvalue weighted by Gasteiger charge is 2.22. The molecule has 0 aromatic carbocycles. The van der Waals surface area contributed by atoms with Gasteiger partial charge >= 0.3 is 0 Å². The lowest BCUT2D eigenvalue weighted by Gasteiger charge is -2.36. The number of fused-ring (bicyclic) bond motifs is 1. The smallest absolute Gasteiger partial charge is 0.186 e. The van der Waals surface area contributed by atoms with Crippen LogP contribution in [-0.4, -0.2) is 50.7 Å². The lowest BCUT2D eigenvalue weighted by Crippen LogP contribution is -2.47. The van der Waals surface area contributed by atoms with Crippen molar-refractivity contribution in [3.63, 3.8) is 0 Å². The topological polar surface area (TPSA) is 62.5 Å². The molecule has 1 saturated heterocycles. The van der Waals surface area contributed by atoms with Gasteiger partial charge in [-0.2, -0.15) is 0 Å². The maximum absolute atomic E-state index is 14.2. The molecular formula is C15H15BrFN7. The van der Waals surface area contributed by atoms with Crippen LogP contribution in [0.2, 0.25) is 0 Å². The standard InChI is InChI=1S/C15H15BrFN7/c1-10-14(17)15(20-9-19-10)23-6-4-22(5-7-23)13-3-2-12-18-8-11(16)24(12)21-13/h2-3,8-9H,4-7H2,1H3. The molecule has 3 aromatic rings. The first-order chi connectivity index (χ1) is 11.6. The highest BCUT2D eigenvalue weighted by atomic mass is 79.9. The third kappa shape index (κ3) is 2.58. The van der Waals surface area contributed by atoms with Crippen molar-refractivity contribution in [2.75, 3.05) is 36.0 Å². The molecule has 0 spiro atoms. The normalized spacial score (nSPS) is 15.3. The minimum absolute atomic E-state index is 0.340. The number of aryl methyl sites for hydroxylation is 1. The van der Waals surface area contributed by atoms with Gasteiger partial charge in [0, 0.05) is 26.2 Å². The van der Waals surface area contributed by atoms with Gasteiger partial charge in [-0.1, -0.05) is 0 Å². The quantitative estimate of drug-likeness (QED) is 0.666. The fraction of sp³-hybridized carbons (Fsp3) is 0.333. The van der Waals surface area contributed by atoms with Crippen LogP contribution in [0.4, 0.5) is 16.0 Å². The molecule has 3 aromatic heterocycles. The van der Waals surface area contributed by atoms with Crippen molar-refractivity contribution in [3.8, 4) is 0 Å². The van der Waals surface area contributed by atoms with Crippen molar-refractivity contribution < 1.29 is 4.39 Å². The molecule has 0 saturated carbocycles. The number of anilines is 2. The van der Waals surface area contributed by atoms with Gasteiger partial charge in [0.25, 0.3) is 0 Å². The minimum Gasteiger partial charge on any atom is -0.352 e. The molecule has 0 aliphatic carbocycles. The monoisotopic (exact) mass is 391 g/mol. The Morgan fingerprint density at radius 2 is 1.79 bits per heavy atom. The van der Waals surface area contributed by atoms with Crippen LogP contribution in [0.1, 0.15) is 5.69 Å². The Labute approximate surface area is 146 Å². The predicted molar refractivity (Wildman–Crippen MR) is 91.8 cm³/mol. The summed E-state index contributed by atoms with van der Waals surface area (Å²) in [4.78, 5) is 16.3. The Balaban J connectivity index is 1.52. The second-order valence-electron chi connectivity index (χ2n) is 5.61. The van der Waals surface area contributed by atoms with Gasteiger partial charge in [-0.05, 0) is 35.0 Å². The van der Waals surface area contributed by atoms with Crippen LogP contribution < -0.4 is 9.80 Å². The molecule has 0 unspecified atom stereocenters. The van der Waals surface area contributed by atoms with Crippen molar-refractivity contribution in [3.05, 3.63) is 40.8 Å². The highest BCUT2D eigenvalue weighted by molar-refractivity contribution is 9.10. The number of halogens is 2. The molecule has 0 bridgehead atoms. The fourth-order valence-electron chi connectivity index (χ4n) is 2.82. The average Bonchev–Trinajstić information content (AvgIpc) is 2.98. The highest BCUT2D eigenvalue weighted by Crippen LogP contribution is 2.22. The zero-order valence-corrected chi connectivity index (χ0v) is 14.6. The predicted octanol–water partition coefficient (Wildman–Crippen LogP) is 2.06. The van der Waals surface area contributed by atoms with E-state index in [2.05, 4.69) is 40.9 Å². The third-order valence-corrected chi connectivity index (χ3v) is 4.70. The van der Waals surface area contributed by atoms with Gasteiger partial charge in [-0.25, -0.2) is 23.9 Å². The van der Waals surface area contributed by atoms with Gasteiger partial charge in [0.1, 0.15) is 16.7 Å². The fourth-order valence-corrected chi connectivity index (χ4v) is 3.18. The van der Waals surface area contributed by atoms with E-state index in [0.717, 1.165) is 29.2 Å². The summed E-state index contributed by atoms with van der Waals surface area (Å²) in [6.07, 6.45) is 3.14. The van der Waals surface area contributed by atoms with E-state index in [4.69, 9.17) is 0 Å². The summed E-state index contributed by atoms with van der Waals surface area (Å²) in [5.74, 6) is 0.913. The van der Waals surface area contributed by atoms with Crippen molar-refractivity contribution in [1.29, 1.82) is 0 Å². The first-order valence-electron chi connectivity index (χ1n) is 7.61. The summed E-state index contributed by atoms with van der Waals surface area (Å²) in [5.41, 5.74) is 1.17. The Morgan fingerprint density at radius 1 is 1.04 bits per heavy atom. The van der Waals surface area contributed by atoms with Gasteiger partial charge < -0.3 is 9.80 Å². The molecule has 0 atom stereocenters. The summed E-state index contributed by atoms with van der Waals surface area (Å²) < 4.78 is 16.8. The molecule has 0 N–H and O–H groups in total. The second kappa shape index (κ2) is 5.97. The molecule has 0 radical (unpaired) electrons. The van der Waals surface area contributed by atoms with Gasteiger partial charge in [0.2, 0.25) is 0 Å². The second-order valence-corrected chi connectivity index (χ2v) is 6.43. The maximum atomic E-state index is 14.2. The molecular weight excluding hydrogens is 377 g/mol. The van der Waals surface area contributed by atoms with E-state index < -0.39 is 0 Å². The summed E-state index contributed by atoms with van der Waals surface area (Å²) in [6, 6.07) is 3.90. The summed E-state index contributed by atoms with van der Waals surface area (Å²) in [7, 11) is 0. The van der Waals surface area contributed by atoms with Gasteiger partial charge in [-0.3, -0.25) is 0 Å². The molecule has 124 valence electrons. The number of hydrogen-bond acceptors (Lipinski definition) is 6. The van der Waals surface area contributed by atoms with Crippen LogP contribution in [0.15, 0.2) is 29.3 Å². The van der Waals surface area contributed by atoms with Crippen molar-refractivity contribution >= 4 is 33.2 Å². The molecule has 1 fully saturated rings. The first-order valence-corrected chi connectivity index (χ1v) is 8.40. The number of nitrogens with zero attached hydrogens (tertiary/aromatic N) is 7. The van der Waals surface area contributed by atoms with Crippen LogP contribution in [-0.2, 0) is 0 Å². The van der Waals surface area contributed by atoms with E-state index in [1.807, 2.05) is 17.0 Å². The van der Waals surface area contributed by atoms with Gasteiger partial charge in [0.15, 0.2) is 17.3 Å². The first kappa shape index (κ1) is 15.3. The largest absolute Gasteiger partial charge is 0.352 e. The summed E-state index contributed by atoms with van der Waals surface area (Å²) >= 11 is 3.44. The van der Waals surface area contributed by atoms with E-state index in [1.54, 1.807) is 17.6 Å². The maximum Gasteiger partial charge on any atom is 0.186 e. The lowest BCUT2D eigenvalue weighted by molar-refractivity contribution is 0.572. The Morgan fingerprint density at radius 3 is 2.58 bits per heavy atom. The van der Waals surface area contributed by atoms with E-state index >= 15 is 0 Å². The molecule has 4 rings (SSSR count). The van der Waals surface area contributed by atoms with Gasteiger partial charge in [0.05, 0.1) is 11.9 Å². The van der Waals surface area contributed by atoms with E-state index in [1.165, 1.54) is 6.33 Å². The van der Waals surface area contributed by atoms with E-state index in [0.29, 0.717) is 24.6 Å². The van der Waals surface area contributed by atoms with Crippen molar-refractivity contribution in [2.45, 2.75) is 6.92 Å². The van der Waals surface area contributed by atoms with Crippen LogP contribution >= 0.6 is 15.9 Å². The zero-order valence-electron chi connectivity index (χ0n) is 13.0. The Kier molecular flexibility index (Phi) is 3.79. The molecule has 24 heavy (non-hydrogen) atoms. The summed E-state index contributed by atoms with van der Waals surface area (Å²) in [6.45, 7) is 4.50. The van der Waals surface area contributed by atoms with Crippen LogP contribution in [0, 0.1) is 12.7 Å². The lowest BCUT2D eigenvalue weighted by atomic mass is 10.3. The van der Waals surface area contributed by atoms with E-state index in [9.17, 15) is 4.39 Å². The average molecular weight is 392 g/mol. The van der Waals surface area contributed by atoms with Crippen LogP contribution in [0.3, 0.4) is 0 Å². The van der Waals surface area contributed by atoms with Crippen molar-refractivity contribution in [2.24, 2.45) is 0 Å². The molecule has 1 aliphatic rings.